The monoisotopic (exact) mass is 392 g/mol. The molecular formula is C20H29FN4OS. The van der Waals surface area contributed by atoms with Crippen LogP contribution in [-0.4, -0.2) is 27.0 Å². The molecule has 2 aromatic rings. The summed E-state index contributed by atoms with van der Waals surface area (Å²) < 4.78 is 31.8. The van der Waals surface area contributed by atoms with Gasteiger partial charge >= 0.3 is 0 Å². The second-order valence-electron chi connectivity index (χ2n) is 8.54. The number of hydrogen-bond acceptors (Lipinski definition) is 2. The van der Waals surface area contributed by atoms with Crippen LogP contribution in [0.4, 0.5) is 4.39 Å². The number of nitrogens with one attached hydrogen (secondary N) is 3. The molecule has 0 amide bonds. The molecule has 3 rings (SSSR count). The summed E-state index contributed by atoms with van der Waals surface area (Å²) in [5.74, 6) is 0.158. The normalized spacial score (nSPS) is 21.9. The van der Waals surface area contributed by atoms with Crippen molar-refractivity contribution in [2.24, 2.45) is 5.41 Å². The molecule has 1 aliphatic rings. The third-order valence-corrected chi connectivity index (χ3v) is 5.85. The van der Waals surface area contributed by atoms with Gasteiger partial charge in [0.25, 0.3) is 0 Å². The lowest BCUT2D eigenvalue weighted by Gasteiger charge is -2.28. The maximum atomic E-state index is 13.4. The van der Waals surface area contributed by atoms with E-state index in [0.717, 1.165) is 42.6 Å². The molecule has 0 bridgehead atoms. The molecule has 0 radical (unpaired) electrons. The van der Waals surface area contributed by atoms with Crippen molar-refractivity contribution in [1.82, 2.24) is 19.6 Å². The highest BCUT2D eigenvalue weighted by Gasteiger charge is 2.25. The molecule has 1 heterocycles. The van der Waals surface area contributed by atoms with E-state index in [0.29, 0.717) is 12.5 Å². The predicted molar refractivity (Wildman–Crippen MR) is 108 cm³/mol. The number of hydrogen-bond donors (Lipinski definition) is 3. The average molecular weight is 393 g/mol. The molecule has 1 aromatic carbocycles. The zero-order valence-electron chi connectivity index (χ0n) is 16.2. The Kier molecular flexibility index (Phi) is 6.44. The van der Waals surface area contributed by atoms with Gasteiger partial charge in [-0.15, -0.1) is 0 Å². The van der Waals surface area contributed by atoms with E-state index in [2.05, 4.69) is 40.4 Å². The minimum Gasteiger partial charge on any atom is -0.282 e. The minimum atomic E-state index is -1.20. The highest BCUT2D eigenvalue weighted by molar-refractivity contribution is 7.81. The Balaban J connectivity index is 1.50. The quantitative estimate of drug-likeness (QED) is 0.694. The molecule has 27 heavy (non-hydrogen) atoms. The van der Waals surface area contributed by atoms with E-state index in [-0.39, 0.29) is 17.3 Å². The van der Waals surface area contributed by atoms with E-state index in [1.165, 1.54) is 12.1 Å². The Morgan fingerprint density at radius 1 is 1.22 bits per heavy atom. The van der Waals surface area contributed by atoms with Crippen molar-refractivity contribution in [3.63, 3.8) is 0 Å². The molecule has 1 fully saturated rings. The molecule has 0 spiro atoms. The van der Waals surface area contributed by atoms with E-state index in [9.17, 15) is 8.60 Å². The fourth-order valence-corrected chi connectivity index (χ4v) is 4.52. The van der Waals surface area contributed by atoms with Crippen molar-refractivity contribution in [3.8, 4) is 11.3 Å². The van der Waals surface area contributed by atoms with Crippen molar-refractivity contribution < 1.29 is 8.60 Å². The number of aromatic amines is 1. The molecule has 0 saturated heterocycles. The summed E-state index contributed by atoms with van der Waals surface area (Å²) in [6.07, 6.45) is 3.97. The molecule has 1 saturated carbocycles. The summed E-state index contributed by atoms with van der Waals surface area (Å²) in [6, 6.07) is 8.79. The van der Waals surface area contributed by atoms with Crippen molar-refractivity contribution in [2.45, 2.75) is 58.4 Å². The van der Waals surface area contributed by atoms with Crippen LogP contribution in [0.1, 0.15) is 58.1 Å². The number of benzene rings is 1. The van der Waals surface area contributed by atoms with E-state index in [1.807, 2.05) is 12.1 Å². The highest BCUT2D eigenvalue weighted by Crippen LogP contribution is 2.33. The molecule has 1 aromatic heterocycles. The summed E-state index contributed by atoms with van der Waals surface area (Å²) in [7, 11) is 0. The maximum Gasteiger partial charge on any atom is 0.167 e. The van der Waals surface area contributed by atoms with Gasteiger partial charge < -0.3 is 0 Å². The fraction of sp³-hybridized carbons (Fsp3) is 0.550. The molecule has 3 N–H and O–H groups in total. The first-order valence-electron chi connectivity index (χ1n) is 9.53. The highest BCUT2D eigenvalue weighted by atomic mass is 32.2. The van der Waals surface area contributed by atoms with Crippen LogP contribution in [0, 0.1) is 11.2 Å². The summed E-state index contributed by atoms with van der Waals surface area (Å²) in [6.45, 7) is 7.06. The van der Waals surface area contributed by atoms with Gasteiger partial charge in [0.1, 0.15) is 5.82 Å². The number of H-pyrrole nitrogens is 1. The van der Waals surface area contributed by atoms with Gasteiger partial charge in [-0.3, -0.25) is 5.10 Å². The Bertz CT molecular complexity index is 778. The standard InChI is InChI=1S/C20H29FN4OS/c1-20(2,3)13-22-27(26)25-17-9-7-14(8-10-17)18-12-19(24-23-18)15-5-4-6-16(21)11-15/h4-6,11-12,14,17,22,25H,7-10,13H2,1-3H3,(H,23,24). The fourth-order valence-electron chi connectivity index (χ4n) is 3.34. The Labute approximate surface area is 163 Å². The predicted octanol–water partition coefficient (Wildman–Crippen LogP) is 4.05. The largest absolute Gasteiger partial charge is 0.282 e. The van der Waals surface area contributed by atoms with Gasteiger partial charge in [-0.2, -0.15) is 5.10 Å². The molecule has 1 atom stereocenters. The summed E-state index contributed by atoms with van der Waals surface area (Å²) >= 11 is -1.20. The van der Waals surface area contributed by atoms with Gasteiger partial charge in [0.15, 0.2) is 11.2 Å². The van der Waals surface area contributed by atoms with Crippen molar-refractivity contribution in [3.05, 3.63) is 41.8 Å². The number of halogens is 1. The molecule has 0 aliphatic heterocycles. The smallest absolute Gasteiger partial charge is 0.167 e. The second-order valence-corrected chi connectivity index (χ2v) is 9.60. The van der Waals surface area contributed by atoms with Gasteiger partial charge in [-0.1, -0.05) is 32.9 Å². The van der Waals surface area contributed by atoms with Crippen molar-refractivity contribution in [1.29, 1.82) is 0 Å². The lowest BCUT2D eigenvalue weighted by molar-refractivity contribution is 0.370. The lowest BCUT2D eigenvalue weighted by atomic mass is 9.84. The first-order chi connectivity index (χ1) is 12.8. The van der Waals surface area contributed by atoms with Crippen LogP contribution in [0.25, 0.3) is 11.3 Å². The maximum absolute atomic E-state index is 13.4. The van der Waals surface area contributed by atoms with E-state index in [4.69, 9.17) is 0 Å². The van der Waals surface area contributed by atoms with Crippen LogP contribution in [0.5, 0.6) is 0 Å². The molecule has 7 heteroatoms. The zero-order valence-corrected chi connectivity index (χ0v) is 17.0. The van der Waals surface area contributed by atoms with Crippen molar-refractivity contribution >= 4 is 11.2 Å². The van der Waals surface area contributed by atoms with Gasteiger partial charge in [0, 0.05) is 29.8 Å². The zero-order chi connectivity index (χ0) is 19.4. The lowest BCUT2D eigenvalue weighted by Crippen LogP contribution is -2.42. The SMILES string of the molecule is CC(C)(C)CNS(=O)NC1CCC(c2cc(-c3cccc(F)c3)n[nH]2)CC1. The third-order valence-electron chi connectivity index (χ3n) is 4.89. The van der Waals surface area contributed by atoms with Crippen LogP contribution in [0.15, 0.2) is 30.3 Å². The summed E-state index contributed by atoms with van der Waals surface area (Å²) in [5.41, 5.74) is 2.76. The summed E-state index contributed by atoms with van der Waals surface area (Å²) in [4.78, 5) is 0. The second kappa shape index (κ2) is 8.63. The van der Waals surface area contributed by atoms with Crippen LogP contribution in [0.2, 0.25) is 0 Å². The van der Waals surface area contributed by atoms with Crippen LogP contribution >= 0.6 is 0 Å². The topological polar surface area (TPSA) is 69.8 Å². The Morgan fingerprint density at radius 2 is 1.96 bits per heavy atom. The van der Waals surface area contributed by atoms with Crippen LogP contribution < -0.4 is 9.44 Å². The van der Waals surface area contributed by atoms with Gasteiger partial charge in [-0.05, 0) is 49.3 Å². The van der Waals surface area contributed by atoms with E-state index >= 15 is 0 Å². The average Bonchev–Trinajstić information content (AvgIpc) is 3.10. The van der Waals surface area contributed by atoms with E-state index in [1.54, 1.807) is 6.07 Å². The molecule has 1 aliphatic carbocycles. The minimum absolute atomic E-state index is 0.106. The first kappa shape index (κ1) is 20.2. The van der Waals surface area contributed by atoms with Crippen LogP contribution in [0.3, 0.4) is 0 Å². The Morgan fingerprint density at radius 3 is 2.63 bits per heavy atom. The molecule has 5 nitrogen and oxygen atoms in total. The van der Waals surface area contributed by atoms with Crippen LogP contribution in [-0.2, 0) is 11.2 Å². The van der Waals surface area contributed by atoms with E-state index < -0.39 is 11.2 Å². The number of nitrogens with zero attached hydrogens (tertiary/aromatic N) is 1. The molecule has 148 valence electrons. The molecule has 1 unspecified atom stereocenters. The number of aromatic nitrogens is 2. The Hall–Kier alpha value is -1.57. The van der Waals surface area contributed by atoms with Gasteiger partial charge in [-0.25, -0.2) is 18.0 Å². The molecular weight excluding hydrogens is 363 g/mol. The van der Waals surface area contributed by atoms with Crippen molar-refractivity contribution in [2.75, 3.05) is 6.54 Å². The van der Waals surface area contributed by atoms with Gasteiger partial charge in [0.2, 0.25) is 0 Å². The first-order valence-corrected chi connectivity index (χ1v) is 10.7. The number of rotatable bonds is 6. The van der Waals surface area contributed by atoms with Gasteiger partial charge in [0.05, 0.1) is 5.69 Å². The third kappa shape index (κ3) is 5.96. The summed E-state index contributed by atoms with van der Waals surface area (Å²) in [5, 5.41) is 7.47.